The number of methoxy groups -OCH3 is 1. The highest BCUT2D eigenvalue weighted by Gasteiger charge is 2.27. The van der Waals surface area contributed by atoms with Crippen molar-refractivity contribution in [2.75, 3.05) is 32.1 Å². The van der Waals surface area contributed by atoms with E-state index in [9.17, 15) is 4.79 Å². The number of aromatic nitrogens is 1. The number of piperidine rings is 1. The first-order valence-corrected chi connectivity index (χ1v) is 11.4. The highest BCUT2D eigenvalue weighted by molar-refractivity contribution is 5.92. The maximum atomic E-state index is 12.3. The molecule has 1 N–H and O–H groups in total. The van der Waals surface area contributed by atoms with E-state index in [4.69, 9.17) is 9.47 Å². The zero-order chi connectivity index (χ0) is 21.6. The Morgan fingerprint density at radius 1 is 1.16 bits per heavy atom. The van der Waals surface area contributed by atoms with Crippen LogP contribution in [0.25, 0.3) is 0 Å². The molecule has 1 aliphatic carbocycles. The van der Waals surface area contributed by atoms with E-state index in [1.807, 2.05) is 43.5 Å². The third-order valence-electron chi connectivity index (χ3n) is 6.10. The molecule has 31 heavy (non-hydrogen) atoms. The monoisotopic (exact) mass is 423 g/mol. The minimum absolute atomic E-state index is 0.0413. The largest absolute Gasteiger partial charge is 0.495 e. The Bertz CT molecular complexity index is 872. The maximum Gasteiger partial charge on any atom is 0.224 e. The van der Waals surface area contributed by atoms with E-state index < -0.39 is 0 Å². The Hall–Kier alpha value is -2.60. The first-order valence-electron chi connectivity index (χ1n) is 11.4. The summed E-state index contributed by atoms with van der Waals surface area (Å²) < 4.78 is 11.4. The lowest BCUT2D eigenvalue weighted by atomic mass is 10.1. The molecule has 2 heterocycles. The highest BCUT2D eigenvalue weighted by atomic mass is 16.5. The van der Waals surface area contributed by atoms with Crippen molar-refractivity contribution in [1.82, 2.24) is 9.88 Å². The molecule has 2 aliphatic rings. The summed E-state index contributed by atoms with van der Waals surface area (Å²) in [5, 5.41) is 2.93. The maximum absolute atomic E-state index is 12.3. The lowest BCUT2D eigenvalue weighted by Gasteiger charge is -2.31. The Labute approximate surface area is 185 Å². The van der Waals surface area contributed by atoms with Crippen LogP contribution in [0.2, 0.25) is 0 Å². The number of nitrogens with one attached hydrogen (secondary N) is 1. The van der Waals surface area contributed by atoms with Gasteiger partial charge in [-0.3, -0.25) is 4.79 Å². The summed E-state index contributed by atoms with van der Waals surface area (Å²) in [4.78, 5) is 19.4. The van der Waals surface area contributed by atoms with Crippen LogP contribution >= 0.6 is 0 Å². The van der Waals surface area contributed by atoms with E-state index in [1.54, 1.807) is 7.11 Å². The van der Waals surface area contributed by atoms with Crippen LogP contribution in [0, 0.1) is 12.8 Å². The predicted molar refractivity (Wildman–Crippen MR) is 122 cm³/mol. The van der Waals surface area contributed by atoms with Gasteiger partial charge in [0.25, 0.3) is 0 Å². The van der Waals surface area contributed by atoms with Crippen LogP contribution in [0.5, 0.6) is 11.6 Å². The average molecular weight is 424 g/mol. The predicted octanol–water partition coefficient (Wildman–Crippen LogP) is 4.22. The number of rotatable bonds is 9. The summed E-state index contributed by atoms with van der Waals surface area (Å²) in [6.07, 6.45) is 8.05. The van der Waals surface area contributed by atoms with Crippen LogP contribution in [0.4, 0.5) is 5.69 Å². The Balaban J connectivity index is 1.20. The fourth-order valence-corrected chi connectivity index (χ4v) is 4.05. The van der Waals surface area contributed by atoms with E-state index in [1.165, 1.54) is 19.4 Å². The number of likely N-dealkylation sites (tertiary alicyclic amines) is 1. The van der Waals surface area contributed by atoms with Crippen LogP contribution in [0.15, 0.2) is 36.5 Å². The van der Waals surface area contributed by atoms with E-state index in [2.05, 4.69) is 15.2 Å². The van der Waals surface area contributed by atoms with Crippen molar-refractivity contribution in [2.45, 2.75) is 51.6 Å². The minimum Gasteiger partial charge on any atom is -0.495 e. The van der Waals surface area contributed by atoms with Crippen LogP contribution in [-0.4, -0.2) is 48.6 Å². The average Bonchev–Trinajstić information content (AvgIpc) is 3.60. The Kier molecular flexibility index (Phi) is 7.07. The molecular formula is C25H33N3O3. The molecule has 166 valence electrons. The number of hydrogen-bond acceptors (Lipinski definition) is 5. The van der Waals surface area contributed by atoms with Crippen LogP contribution in [0.1, 0.15) is 43.2 Å². The summed E-state index contributed by atoms with van der Waals surface area (Å²) in [6.45, 7) is 5.51. The molecule has 0 radical (unpaired) electrons. The molecule has 0 bridgehead atoms. The molecule has 0 spiro atoms. The van der Waals surface area contributed by atoms with Gasteiger partial charge in [0.2, 0.25) is 11.8 Å². The molecule has 2 fully saturated rings. The molecule has 1 aromatic heterocycles. The number of aryl methyl sites for hydroxylation is 2. The summed E-state index contributed by atoms with van der Waals surface area (Å²) in [5.41, 5.74) is 2.81. The van der Waals surface area contributed by atoms with E-state index >= 15 is 0 Å². The molecule has 0 unspecified atom stereocenters. The van der Waals surface area contributed by atoms with Gasteiger partial charge in [-0.1, -0.05) is 12.1 Å². The van der Waals surface area contributed by atoms with Gasteiger partial charge in [-0.25, -0.2) is 4.98 Å². The number of hydrogen-bond donors (Lipinski definition) is 1. The zero-order valence-electron chi connectivity index (χ0n) is 18.6. The van der Waals surface area contributed by atoms with Gasteiger partial charge in [0.1, 0.15) is 11.9 Å². The van der Waals surface area contributed by atoms with Crippen molar-refractivity contribution in [3.63, 3.8) is 0 Å². The fraction of sp³-hybridized carbons (Fsp3) is 0.520. The molecule has 1 aliphatic heterocycles. The molecular weight excluding hydrogens is 390 g/mol. The number of benzene rings is 1. The van der Waals surface area contributed by atoms with Gasteiger partial charge in [-0.05, 0) is 68.2 Å². The number of nitrogens with zero attached hydrogens (tertiary/aromatic N) is 2. The molecule has 1 amide bonds. The van der Waals surface area contributed by atoms with Crippen molar-refractivity contribution in [3.8, 4) is 11.6 Å². The van der Waals surface area contributed by atoms with Gasteiger partial charge in [-0.15, -0.1) is 0 Å². The van der Waals surface area contributed by atoms with Crippen molar-refractivity contribution in [1.29, 1.82) is 0 Å². The van der Waals surface area contributed by atoms with Gasteiger partial charge in [0.05, 0.1) is 12.8 Å². The number of carbonyl (C=O) groups excluding carboxylic acids is 1. The zero-order valence-corrected chi connectivity index (χ0v) is 18.6. The fourth-order valence-electron chi connectivity index (χ4n) is 4.05. The third kappa shape index (κ3) is 6.44. The van der Waals surface area contributed by atoms with Crippen molar-refractivity contribution in [2.24, 2.45) is 5.92 Å². The molecule has 1 aromatic carbocycles. The third-order valence-corrected chi connectivity index (χ3v) is 6.10. The molecule has 4 rings (SSSR count). The van der Waals surface area contributed by atoms with Gasteiger partial charge < -0.3 is 19.7 Å². The summed E-state index contributed by atoms with van der Waals surface area (Å²) in [6, 6.07) is 9.67. The second-order valence-corrected chi connectivity index (χ2v) is 8.82. The number of carbonyl (C=O) groups is 1. The smallest absolute Gasteiger partial charge is 0.224 e. The van der Waals surface area contributed by atoms with E-state index in [-0.39, 0.29) is 12.0 Å². The quantitative estimate of drug-likeness (QED) is 0.654. The molecule has 2 aromatic rings. The van der Waals surface area contributed by atoms with E-state index in [0.717, 1.165) is 43.0 Å². The molecule has 1 saturated carbocycles. The second kappa shape index (κ2) is 10.1. The first-order chi connectivity index (χ1) is 15.1. The summed E-state index contributed by atoms with van der Waals surface area (Å²) >= 11 is 0. The van der Waals surface area contributed by atoms with Gasteiger partial charge in [0.15, 0.2) is 0 Å². The number of ether oxygens (including phenoxy) is 2. The van der Waals surface area contributed by atoms with Crippen LogP contribution < -0.4 is 14.8 Å². The van der Waals surface area contributed by atoms with Crippen molar-refractivity contribution < 1.29 is 14.3 Å². The van der Waals surface area contributed by atoms with Crippen molar-refractivity contribution >= 4 is 11.6 Å². The summed E-state index contributed by atoms with van der Waals surface area (Å²) in [5.74, 6) is 2.27. The minimum atomic E-state index is -0.0413. The number of amides is 1. The Morgan fingerprint density at radius 2 is 1.97 bits per heavy atom. The van der Waals surface area contributed by atoms with Gasteiger partial charge in [0, 0.05) is 38.3 Å². The standard InChI is InChI=1S/C25H33N3O3/c1-18-3-8-22(23(15-18)30-2)27-24(29)9-6-19-7-10-25(26-16-19)31-21-11-13-28(14-12-21)17-20-4-5-20/h3,7-8,10,15-16,20-21H,4-6,9,11-14,17H2,1-2H3,(H,27,29). The molecule has 1 saturated heterocycles. The lowest BCUT2D eigenvalue weighted by molar-refractivity contribution is -0.116. The molecule has 6 heteroatoms. The summed E-state index contributed by atoms with van der Waals surface area (Å²) in [7, 11) is 1.61. The number of pyridine rings is 1. The second-order valence-electron chi connectivity index (χ2n) is 8.82. The Morgan fingerprint density at radius 3 is 2.65 bits per heavy atom. The first kappa shape index (κ1) is 21.6. The van der Waals surface area contributed by atoms with Gasteiger partial charge in [-0.2, -0.15) is 0 Å². The number of anilines is 1. The molecule has 0 atom stereocenters. The van der Waals surface area contributed by atoms with Gasteiger partial charge >= 0.3 is 0 Å². The topological polar surface area (TPSA) is 63.7 Å². The van der Waals surface area contributed by atoms with Crippen LogP contribution in [-0.2, 0) is 11.2 Å². The van der Waals surface area contributed by atoms with E-state index in [0.29, 0.717) is 30.2 Å². The van der Waals surface area contributed by atoms with Crippen molar-refractivity contribution in [3.05, 3.63) is 47.7 Å². The van der Waals surface area contributed by atoms with Crippen LogP contribution in [0.3, 0.4) is 0 Å². The SMILES string of the molecule is COc1cc(C)ccc1NC(=O)CCc1ccc(OC2CCN(CC3CC3)CC2)nc1. The highest BCUT2D eigenvalue weighted by Crippen LogP contribution is 2.31. The lowest BCUT2D eigenvalue weighted by Crippen LogP contribution is -2.39. The molecule has 6 nitrogen and oxygen atoms in total. The normalized spacial score (nSPS) is 17.4.